The number of fused-ring (bicyclic) bond motifs is 1. The van der Waals surface area contributed by atoms with Gasteiger partial charge in [0.1, 0.15) is 0 Å². The third-order valence-corrected chi connectivity index (χ3v) is 2.65. The Labute approximate surface area is 68.4 Å². The van der Waals surface area contributed by atoms with Gasteiger partial charge >= 0.3 is 0 Å². The normalized spacial score (nSPS) is 21.6. The number of rotatable bonds is 0. The second-order valence-electron chi connectivity index (χ2n) is 2.62. The Morgan fingerprint density at radius 1 is 1.50 bits per heavy atom. The lowest BCUT2D eigenvalue weighted by Gasteiger charge is -2.27. The summed E-state index contributed by atoms with van der Waals surface area (Å²) < 4.78 is 1.16. The van der Waals surface area contributed by atoms with Crippen molar-refractivity contribution in [2.75, 3.05) is 0 Å². The van der Waals surface area contributed by atoms with Crippen molar-refractivity contribution in [3.8, 4) is 0 Å². The molecule has 0 spiro atoms. The molecule has 10 heavy (non-hydrogen) atoms. The van der Waals surface area contributed by atoms with E-state index in [0.29, 0.717) is 0 Å². The van der Waals surface area contributed by atoms with Crippen molar-refractivity contribution < 1.29 is 0 Å². The molecule has 0 aliphatic heterocycles. The van der Waals surface area contributed by atoms with Crippen LogP contribution in [-0.2, 0) is 6.42 Å². The van der Waals surface area contributed by atoms with Crippen LogP contribution < -0.4 is 5.73 Å². The lowest BCUT2D eigenvalue weighted by atomic mass is 9.84. The molecule has 1 aliphatic carbocycles. The highest BCUT2D eigenvalue weighted by molar-refractivity contribution is 9.10. The Kier molecular flexibility index (Phi) is 1.32. The summed E-state index contributed by atoms with van der Waals surface area (Å²) in [5.74, 6) is 0. The topological polar surface area (TPSA) is 26.0 Å². The third kappa shape index (κ3) is 0.724. The van der Waals surface area contributed by atoms with Crippen LogP contribution in [0.15, 0.2) is 22.7 Å². The molecule has 1 nitrogen and oxygen atoms in total. The zero-order chi connectivity index (χ0) is 7.14. The highest BCUT2D eigenvalue weighted by atomic mass is 79.9. The van der Waals surface area contributed by atoms with Crippen LogP contribution in [0.3, 0.4) is 0 Å². The van der Waals surface area contributed by atoms with Crippen LogP contribution in [0.5, 0.6) is 0 Å². The quantitative estimate of drug-likeness (QED) is 0.677. The van der Waals surface area contributed by atoms with E-state index in [-0.39, 0.29) is 6.04 Å². The van der Waals surface area contributed by atoms with Crippen molar-refractivity contribution in [1.82, 2.24) is 0 Å². The van der Waals surface area contributed by atoms with Gasteiger partial charge in [0.05, 0.1) is 0 Å². The zero-order valence-electron chi connectivity index (χ0n) is 5.47. The van der Waals surface area contributed by atoms with Gasteiger partial charge in [0.25, 0.3) is 0 Å². The number of benzene rings is 1. The number of nitrogens with two attached hydrogens (primary N) is 1. The molecule has 0 fully saturated rings. The van der Waals surface area contributed by atoms with Gasteiger partial charge in [0.2, 0.25) is 0 Å². The molecule has 0 heterocycles. The van der Waals surface area contributed by atoms with E-state index >= 15 is 0 Å². The number of halogens is 1. The van der Waals surface area contributed by atoms with Gasteiger partial charge in [0, 0.05) is 10.5 Å². The monoisotopic (exact) mass is 197 g/mol. The fourth-order valence-electron chi connectivity index (χ4n) is 1.38. The first kappa shape index (κ1) is 6.38. The maximum atomic E-state index is 5.76. The summed E-state index contributed by atoms with van der Waals surface area (Å²) in [7, 11) is 0. The molecular weight excluding hydrogens is 190 g/mol. The molecule has 0 saturated carbocycles. The molecule has 1 aliphatic rings. The van der Waals surface area contributed by atoms with Crippen molar-refractivity contribution in [3.63, 3.8) is 0 Å². The number of hydrogen-bond acceptors (Lipinski definition) is 1. The summed E-state index contributed by atoms with van der Waals surface area (Å²) in [6.45, 7) is 0. The Balaban J connectivity index is 2.58. The summed E-state index contributed by atoms with van der Waals surface area (Å²) in [5.41, 5.74) is 8.45. The van der Waals surface area contributed by atoms with E-state index in [1.165, 1.54) is 11.1 Å². The van der Waals surface area contributed by atoms with Gasteiger partial charge in [-0.2, -0.15) is 0 Å². The molecule has 52 valence electrons. The molecular formula is C8H8BrN. The van der Waals surface area contributed by atoms with E-state index in [4.69, 9.17) is 5.73 Å². The Morgan fingerprint density at radius 2 is 2.30 bits per heavy atom. The van der Waals surface area contributed by atoms with Crippen molar-refractivity contribution in [2.45, 2.75) is 12.5 Å². The molecule has 1 unspecified atom stereocenters. The molecule has 0 bridgehead atoms. The molecule has 1 aromatic carbocycles. The van der Waals surface area contributed by atoms with Crippen LogP contribution >= 0.6 is 15.9 Å². The van der Waals surface area contributed by atoms with Gasteiger partial charge in [-0.1, -0.05) is 28.1 Å². The van der Waals surface area contributed by atoms with Crippen molar-refractivity contribution in [3.05, 3.63) is 33.8 Å². The van der Waals surface area contributed by atoms with Crippen LogP contribution in [0.25, 0.3) is 0 Å². The average molecular weight is 198 g/mol. The first-order valence-electron chi connectivity index (χ1n) is 3.32. The molecule has 2 rings (SSSR count). The maximum Gasteiger partial charge on any atom is 0.0349 e. The molecule has 0 radical (unpaired) electrons. The fraction of sp³-hybridized carbons (Fsp3) is 0.250. The standard InChI is InChI=1S/C8H8BrN/c9-6-3-1-2-5-4-7(10)8(5)6/h1-3,7H,4,10H2. The van der Waals surface area contributed by atoms with E-state index < -0.39 is 0 Å². The average Bonchev–Trinajstić information content (AvgIpc) is 1.85. The lowest BCUT2D eigenvalue weighted by molar-refractivity contribution is 0.632. The second-order valence-corrected chi connectivity index (χ2v) is 3.48. The van der Waals surface area contributed by atoms with Crippen LogP contribution in [0.4, 0.5) is 0 Å². The SMILES string of the molecule is NC1Cc2cccc(Br)c21. The molecule has 0 amide bonds. The van der Waals surface area contributed by atoms with E-state index in [9.17, 15) is 0 Å². The van der Waals surface area contributed by atoms with Gasteiger partial charge in [-0.3, -0.25) is 0 Å². The van der Waals surface area contributed by atoms with Gasteiger partial charge in [-0.05, 0) is 23.6 Å². The first-order valence-corrected chi connectivity index (χ1v) is 4.11. The minimum Gasteiger partial charge on any atom is -0.324 e. The van der Waals surface area contributed by atoms with Gasteiger partial charge < -0.3 is 5.73 Å². The fourth-order valence-corrected chi connectivity index (χ4v) is 2.08. The van der Waals surface area contributed by atoms with Gasteiger partial charge in [-0.15, -0.1) is 0 Å². The van der Waals surface area contributed by atoms with E-state index in [1.54, 1.807) is 0 Å². The van der Waals surface area contributed by atoms with Crippen LogP contribution in [-0.4, -0.2) is 0 Å². The van der Waals surface area contributed by atoms with Crippen molar-refractivity contribution in [2.24, 2.45) is 5.73 Å². The third-order valence-electron chi connectivity index (χ3n) is 1.95. The van der Waals surface area contributed by atoms with Gasteiger partial charge in [0.15, 0.2) is 0 Å². The van der Waals surface area contributed by atoms with Crippen molar-refractivity contribution in [1.29, 1.82) is 0 Å². The predicted octanol–water partition coefficient (Wildman–Crippen LogP) is 2.00. The molecule has 0 aromatic heterocycles. The van der Waals surface area contributed by atoms with E-state index in [0.717, 1.165) is 10.9 Å². The smallest absolute Gasteiger partial charge is 0.0349 e. The van der Waals surface area contributed by atoms with Crippen LogP contribution in [0.1, 0.15) is 17.2 Å². The van der Waals surface area contributed by atoms with Crippen molar-refractivity contribution >= 4 is 15.9 Å². The second kappa shape index (κ2) is 2.07. The minimum absolute atomic E-state index is 0.269. The lowest BCUT2D eigenvalue weighted by Crippen LogP contribution is -2.25. The number of hydrogen-bond donors (Lipinski definition) is 1. The summed E-state index contributed by atoms with van der Waals surface area (Å²) in [6, 6.07) is 6.49. The molecule has 2 heteroatoms. The van der Waals surface area contributed by atoms with E-state index in [2.05, 4.69) is 28.1 Å². The van der Waals surface area contributed by atoms with Crippen LogP contribution in [0.2, 0.25) is 0 Å². The van der Waals surface area contributed by atoms with Crippen LogP contribution in [0, 0.1) is 0 Å². The molecule has 0 saturated heterocycles. The summed E-state index contributed by atoms with van der Waals surface area (Å²) in [6.07, 6.45) is 1.04. The first-order chi connectivity index (χ1) is 4.79. The minimum atomic E-state index is 0.269. The Bertz CT molecular complexity index is 256. The highest BCUT2D eigenvalue weighted by Crippen LogP contribution is 2.36. The molecule has 2 N–H and O–H groups in total. The Hall–Kier alpha value is -0.340. The summed E-state index contributed by atoms with van der Waals surface area (Å²) in [4.78, 5) is 0. The highest BCUT2D eigenvalue weighted by Gasteiger charge is 2.23. The largest absolute Gasteiger partial charge is 0.324 e. The van der Waals surface area contributed by atoms with E-state index in [1.807, 2.05) is 6.07 Å². The Morgan fingerprint density at radius 3 is 2.80 bits per heavy atom. The van der Waals surface area contributed by atoms with Gasteiger partial charge in [-0.25, -0.2) is 0 Å². The molecule has 1 aromatic rings. The maximum absolute atomic E-state index is 5.76. The molecule has 1 atom stereocenters. The summed E-state index contributed by atoms with van der Waals surface area (Å²) in [5, 5.41) is 0. The predicted molar refractivity (Wildman–Crippen MR) is 44.8 cm³/mol. The zero-order valence-corrected chi connectivity index (χ0v) is 7.06. The summed E-state index contributed by atoms with van der Waals surface area (Å²) >= 11 is 3.46.